The first-order chi connectivity index (χ1) is 8.78. The van der Waals surface area contributed by atoms with Crippen molar-refractivity contribution >= 4 is 27.5 Å². The Morgan fingerprint density at radius 2 is 2.11 bits per heavy atom. The molecule has 1 rings (SSSR count). The molecule has 0 heterocycles. The summed E-state index contributed by atoms with van der Waals surface area (Å²) in [4.78, 5) is 22.7. The zero-order valence-electron chi connectivity index (χ0n) is 11.2. The van der Waals surface area contributed by atoms with E-state index in [9.17, 15) is 14.9 Å². The second-order valence-corrected chi connectivity index (χ2v) is 5.80. The van der Waals surface area contributed by atoms with Gasteiger partial charge in [0.2, 0.25) is 0 Å². The number of aryl methyl sites for hydroxylation is 1. The van der Waals surface area contributed by atoms with Crippen LogP contribution in [0, 0.1) is 17.0 Å². The van der Waals surface area contributed by atoms with Gasteiger partial charge >= 0.3 is 0 Å². The fourth-order valence-corrected chi connectivity index (χ4v) is 2.76. The van der Waals surface area contributed by atoms with Crippen LogP contribution < -0.4 is 5.32 Å². The summed E-state index contributed by atoms with van der Waals surface area (Å²) in [6, 6.07) is 4.62. The highest BCUT2D eigenvalue weighted by Gasteiger charge is 2.26. The Hall–Kier alpha value is -1.43. The molecule has 0 aliphatic carbocycles. The predicted octanol–water partition coefficient (Wildman–Crippen LogP) is 3.20. The molecule has 0 aliphatic heterocycles. The largest absolute Gasteiger partial charge is 0.347 e. The molecule has 0 bridgehead atoms. The van der Waals surface area contributed by atoms with Gasteiger partial charge in [-0.1, -0.05) is 28.1 Å². The number of amides is 1. The van der Waals surface area contributed by atoms with E-state index in [4.69, 9.17) is 0 Å². The molecule has 0 radical (unpaired) electrons. The summed E-state index contributed by atoms with van der Waals surface area (Å²) in [7, 11) is 0. The summed E-state index contributed by atoms with van der Waals surface area (Å²) in [6.45, 7) is 5.46. The molecule has 0 spiro atoms. The number of carbonyl (C=O) groups excluding carboxylic acids is 1. The number of nitro groups is 1. The highest BCUT2D eigenvalue weighted by Crippen LogP contribution is 2.23. The zero-order chi connectivity index (χ0) is 14.6. The third-order valence-electron chi connectivity index (χ3n) is 2.85. The minimum absolute atomic E-state index is 0.134. The van der Waals surface area contributed by atoms with Crippen LogP contribution in [0.1, 0.15) is 36.2 Å². The Bertz CT molecular complexity index is 501. The van der Waals surface area contributed by atoms with Crippen LogP contribution in [0.4, 0.5) is 5.69 Å². The number of carbonyl (C=O) groups is 1. The van der Waals surface area contributed by atoms with E-state index in [-0.39, 0.29) is 11.3 Å². The minimum atomic E-state index is -0.528. The maximum atomic E-state index is 12.3. The van der Waals surface area contributed by atoms with E-state index in [1.54, 1.807) is 19.1 Å². The van der Waals surface area contributed by atoms with Crippen molar-refractivity contribution in [3.63, 3.8) is 0 Å². The monoisotopic (exact) mass is 328 g/mol. The number of nitrogens with one attached hydrogen (secondary N) is 1. The molecular formula is C13H17BrN2O3. The summed E-state index contributed by atoms with van der Waals surface area (Å²) >= 11 is 3.32. The lowest BCUT2D eigenvalue weighted by Crippen LogP contribution is -2.44. The highest BCUT2D eigenvalue weighted by molar-refractivity contribution is 9.09. The second kappa shape index (κ2) is 6.14. The van der Waals surface area contributed by atoms with Crippen molar-refractivity contribution in [2.45, 2.75) is 32.7 Å². The van der Waals surface area contributed by atoms with Gasteiger partial charge in [0.15, 0.2) is 0 Å². The Balaban J connectivity index is 3.10. The standard InChI is InChI=1S/C13H17BrN2O3/c1-9-5-4-6-10(16(18)19)11(9)12(17)15-13(2,3)7-8-14/h4-6H,7-8H2,1-3H3,(H,15,17). The van der Waals surface area contributed by atoms with Crippen LogP contribution in [0.5, 0.6) is 0 Å². The van der Waals surface area contributed by atoms with Crippen molar-refractivity contribution in [2.24, 2.45) is 0 Å². The third kappa shape index (κ3) is 4.02. The molecule has 0 saturated carbocycles. The molecule has 0 fully saturated rings. The van der Waals surface area contributed by atoms with Gasteiger partial charge in [0.1, 0.15) is 5.56 Å². The van der Waals surface area contributed by atoms with Crippen LogP contribution in [-0.2, 0) is 0 Å². The van der Waals surface area contributed by atoms with E-state index >= 15 is 0 Å². The SMILES string of the molecule is Cc1cccc([N+](=O)[O-])c1C(=O)NC(C)(C)CCBr. The quantitative estimate of drug-likeness (QED) is 0.512. The van der Waals surface area contributed by atoms with Crippen molar-refractivity contribution in [3.05, 3.63) is 39.4 Å². The molecule has 1 aromatic carbocycles. The molecule has 1 N–H and O–H groups in total. The Morgan fingerprint density at radius 3 is 2.63 bits per heavy atom. The molecule has 5 nitrogen and oxygen atoms in total. The maximum Gasteiger partial charge on any atom is 0.282 e. The van der Waals surface area contributed by atoms with Gasteiger partial charge in [-0.2, -0.15) is 0 Å². The van der Waals surface area contributed by atoms with Crippen molar-refractivity contribution in [1.82, 2.24) is 5.32 Å². The van der Waals surface area contributed by atoms with E-state index in [0.717, 1.165) is 11.8 Å². The number of alkyl halides is 1. The van der Waals surface area contributed by atoms with Crippen LogP contribution in [0.3, 0.4) is 0 Å². The Morgan fingerprint density at radius 1 is 1.47 bits per heavy atom. The van der Waals surface area contributed by atoms with E-state index in [0.29, 0.717) is 5.56 Å². The van der Waals surface area contributed by atoms with Gasteiger partial charge in [-0.3, -0.25) is 14.9 Å². The lowest BCUT2D eigenvalue weighted by atomic mass is 9.99. The summed E-state index contributed by atoms with van der Waals surface area (Å²) < 4.78 is 0. The topological polar surface area (TPSA) is 72.2 Å². The lowest BCUT2D eigenvalue weighted by Gasteiger charge is -2.25. The first kappa shape index (κ1) is 15.6. The van der Waals surface area contributed by atoms with Crippen molar-refractivity contribution < 1.29 is 9.72 Å². The lowest BCUT2D eigenvalue weighted by molar-refractivity contribution is -0.385. The van der Waals surface area contributed by atoms with E-state index < -0.39 is 16.4 Å². The fraction of sp³-hybridized carbons (Fsp3) is 0.462. The molecule has 6 heteroatoms. The molecule has 1 aromatic rings. The summed E-state index contributed by atoms with van der Waals surface area (Å²) in [5.41, 5.74) is 0.153. The van der Waals surface area contributed by atoms with E-state index in [1.807, 2.05) is 13.8 Å². The zero-order valence-corrected chi connectivity index (χ0v) is 12.8. The highest BCUT2D eigenvalue weighted by atomic mass is 79.9. The number of rotatable bonds is 5. The summed E-state index contributed by atoms with van der Waals surface area (Å²) in [5, 5.41) is 14.6. The van der Waals surface area contributed by atoms with Crippen LogP contribution in [-0.4, -0.2) is 21.7 Å². The molecular weight excluding hydrogens is 312 g/mol. The van der Waals surface area contributed by atoms with Crippen LogP contribution >= 0.6 is 15.9 Å². The van der Waals surface area contributed by atoms with E-state index in [2.05, 4.69) is 21.2 Å². The molecule has 0 atom stereocenters. The molecule has 0 aliphatic rings. The molecule has 0 unspecified atom stereocenters. The average Bonchev–Trinajstić information content (AvgIpc) is 2.27. The van der Waals surface area contributed by atoms with Gasteiger partial charge < -0.3 is 5.32 Å². The second-order valence-electron chi connectivity index (χ2n) is 5.00. The van der Waals surface area contributed by atoms with Gasteiger partial charge in [-0.15, -0.1) is 0 Å². The number of nitro benzene ring substituents is 1. The fourth-order valence-electron chi connectivity index (χ4n) is 1.77. The van der Waals surface area contributed by atoms with Crippen LogP contribution in [0.15, 0.2) is 18.2 Å². The van der Waals surface area contributed by atoms with Gasteiger partial charge in [0.05, 0.1) is 4.92 Å². The molecule has 19 heavy (non-hydrogen) atoms. The molecule has 104 valence electrons. The van der Waals surface area contributed by atoms with E-state index in [1.165, 1.54) is 6.07 Å². The van der Waals surface area contributed by atoms with Crippen LogP contribution in [0.25, 0.3) is 0 Å². The predicted molar refractivity (Wildman–Crippen MR) is 77.8 cm³/mol. The Kier molecular flexibility index (Phi) is 5.05. The maximum absolute atomic E-state index is 12.3. The van der Waals surface area contributed by atoms with Crippen LogP contribution in [0.2, 0.25) is 0 Å². The normalized spacial score (nSPS) is 11.2. The number of hydrogen-bond acceptors (Lipinski definition) is 3. The summed E-state index contributed by atoms with van der Waals surface area (Å²) in [6.07, 6.45) is 0.735. The molecule has 0 aromatic heterocycles. The molecule has 0 saturated heterocycles. The third-order valence-corrected chi connectivity index (χ3v) is 3.24. The Labute approximate surface area is 120 Å². The first-order valence-corrected chi connectivity index (χ1v) is 7.03. The summed E-state index contributed by atoms with van der Waals surface area (Å²) in [5.74, 6) is -0.407. The van der Waals surface area contributed by atoms with Crippen molar-refractivity contribution in [2.75, 3.05) is 5.33 Å². The number of hydrogen-bond donors (Lipinski definition) is 1. The number of halogens is 1. The number of benzene rings is 1. The van der Waals surface area contributed by atoms with Gasteiger partial charge in [-0.05, 0) is 32.8 Å². The number of nitrogens with zero attached hydrogens (tertiary/aromatic N) is 1. The molecule has 1 amide bonds. The average molecular weight is 329 g/mol. The van der Waals surface area contributed by atoms with Crippen molar-refractivity contribution in [3.8, 4) is 0 Å². The van der Waals surface area contributed by atoms with Gasteiger partial charge in [-0.25, -0.2) is 0 Å². The van der Waals surface area contributed by atoms with Gasteiger partial charge in [0, 0.05) is 16.9 Å². The smallest absolute Gasteiger partial charge is 0.282 e. The minimum Gasteiger partial charge on any atom is -0.347 e. The first-order valence-electron chi connectivity index (χ1n) is 5.91. The van der Waals surface area contributed by atoms with Gasteiger partial charge in [0.25, 0.3) is 11.6 Å². The van der Waals surface area contributed by atoms with Crippen molar-refractivity contribution in [1.29, 1.82) is 0 Å².